The van der Waals surface area contributed by atoms with Crippen molar-refractivity contribution in [3.8, 4) is 16.2 Å². The first-order chi connectivity index (χ1) is 13.6. The summed E-state index contributed by atoms with van der Waals surface area (Å²) in [5.41, 5.74) is 2.37. The van der Waals surface area contributed by atoms with Gasteiger partial charge in [-0.2, -0.15) is 0 Å². The second kappa shape index (κ2) is 9.19. The number of carboxylic acid groups (broad SMARTS) is 1. The Labute approximate surface area is 167 Å². The Kier molecular flexibility index (Phi) is 6.45. The number of anilines is 1. The Hall–Kier alpha value is -3.12. The lowest BCUT2D eigenvalue weighted by molar-refractivity contribution is -0.116. The molecule has 0 aliphatic rings. The van der Waals surface area contributed by atoms with Crippen molar-refractivity contribution in [2.75, 3.05) is 12.4 Å². The van der Waals surface area contributed by atoms with Gasteiger partial charge in [0, 0.05) is 11.3 Å². The maximum atomic E-state index is 12.3. The zero-order valence-corrected chi connectivity index (χ0v) is 16.3. The molecular formula is C22H21NO4S. The van der Waals surface area contributed by atoms with Gasteiger partial charge in [0.15, 0.2) is 0 Å². The van der Waals surface area contributed by atoms with Gasteiger partial charge in [-0.05, 0) is 42.2 Å². The number of carboxylic acids is 1. The largest absolute Gasteiger partial charge is 0.497 e. The van der Waals surface area contributed by atoms with E-state index < -0.39 is 5.97 Å². The van der Waals surface area contributed by atoms with Gasteiger partial charge in [0.25, 0.3) is 0 Å². The summed E-state index contributed by atoms with van der Waals surface area (Å²) < 4.78 is 5.20. The van der Waals surface area contributed by atoms with Gasteiger partial charge in [-0.1, -0.05) is 42.5 Å². The molecule has 0 aliphatic heterocycles. The molecular weight excluding hydrogens is 374 g/mol. The Morgan fingerprint density at radius 1 is 1.07 bits per heavy atom. The van der Waals surface area contributed by atoms with Crippen LogP contribution < -0.4 is 10.1 Å². The molecule has 6 heteroatoms. The average Bonchev–Trinajstić information content (AvgIpc) is 3.13. The molecule has 0 fully saturated rings. The van der Waals surface area contributed by atoms with Crippen molar-refractivity contribution >= 4 is 28.9 Å². The summed E-state index contributed by atoms with van der Waals surface area (Å²) in [6.07, 6.45) is 1.72. The summed E-state index contributed by atoms with van der Waals surface area (Å²) in [5.74, 6) is -0.443. The Balaban J connectivity index is 1.63. The standard InChI is InChI=1S/C22H21NO4S/c1-27-17-11-5-7-15(13-17)8-6-12-20(24)23-18-14-19(28-21(18)22(25)26)16-9-3-2-4-10-16/h2-5,7,9-11,13-14H,6,8,12H2,1H3,(H,23,24)(H,25,26). The number of aromatic carboxylic acids is 1. The molecule has 0 radical (unpaired) electrons. The fraction of sp³-hybridized carbons (Fsp3) is 0.182. The second-order valence-corrected chi connectivity index (χ2v) is 7.33. The summed E-state index contributed by atoms with van der Waals surface area (Å²) in [4.78, 5) is 24.8. The highest BCUT2D eigenvalue weighted by atomic mass is 32.1. The molecule has 0 saturated carbocycles. The lowest BCUT2D eigenvalue weighted by Crippen LogP contribution is -2.13. The summed E-state index contributed by atoms with van der Waals surface area (Å²) in [7, 11) is 1.62. The van der Waals surface area contributed by atoms with Crippen LogP contribution in [0, 0.1) is 0 Å². The number of carbonyl (C=O) groups is 2. The minimum atomic E-state index is -1.04. The van der Waals surface area contributed by atoms with Crippen molar-refractivity contribution < 1.29 is 19.4 Å². The highest BCUT2D eigenvalue weighted by molar-refractivity contribution is 7.18. The van der Waals surface area contributed by atoms with Crippen LogP contribution in [0.1, 0.15) is 28.1 Å². The number of aryl methyl sites for hydroxylation is 1. The molecule has 1 amide bonds. The van der Waals surface area contributed by atoms with Crippen LogP contribution in [-0.2, 0) is 11.2 Å². The predicted molar refractivity (Wildman–Crippen MR) is 111 cm³/mol. The summed E-state index contributed by atoms with van der Waals surface area (Å²) in [5, 5.41) is 12.2. The van der Waals surface area contributed by atoms with Gasteiger partial charge in [-0.3, -0.25) is 4.79 Å². The molecule has 0 saturated heterocycles. The molecule has 3 aromatic rings. The SMILES string of the molecule is COc1cccc(CCCC(=O)Nc2cc(-c3ccccc3)sc2C(=O)O)c1. The molecule has 28 heavy (non-hydrogen) atoms. The van der Waals surface area contributed by atoms with Crippen LogP contribution in [0.3, 0.4) is 0 Å². The quantitative estimate of drug-likeness (QED) is 0.557. The van der Waals surface area contributed by atoms with Gasteiger partial charge < -0.3 is 15.2 Å². The first-order valence-corrected chi connectivity index (χ1v) is 9.74. The third-order valence-corrected chi connectivity index (χ3v) is 5.43. The molecule has 2 aromatic carbocycles. The van der Waals surface area contributed by atoms with E-state index in [2.05, 4.69) is 5.32 Å². The number of nitrogens with one attached hydrogen (secondary N) is 1. The van der Waals surface area contributed by atoms with E-state index in [1.54, 1.807) is 13.2 Å². The van der Waals surface area contributed by atoms with Gasteiger partial charge in [0.2, 0.25) is 5.91 Å². The summed E-state index contributed by atoms with van der Waals surface area (Å²) >= 11 is 1.16. The number of carbonyl (C=O) groups excluding carboxylic acids is 1. The minimum absolute atomic E-state index is 0.139. The molecule has 0 unspecified atom stereocenters. The molecule has 1 aromatic heterocycles. The van der Waals surface area contributed by atoms with Crippen LogP contribution in [0.4, 0.5) is 5.69 Å². The Morgan fingerprint density at radius 2 is 1.86 bits per heavy atom. The van der Waals surface area contributed by atoms with Crippen LogP contribution in [-0.4, -0.2) is 24.1 Å². The molecule has 0 atom stereocenters. The van der Waals surface area contributed by atoms with E-state index in [9.17, 15) is 14.7 Å². The highest BCUT2D eigenvalue weighted by Gasteiger charge is 2.18. The van der Waals surface area contributed by atoms with Gasteiger partial charge in [0.1, 0.15) is 10.6 Å². The van der Waals surface area contributed by atoms with Crippen LogP contribution >= 0.6 is 11.3 Å². The van der Waals surface area contributed by atoms with Crippen molar-refractivity contribution in [3.63, 3.8) is 0 Å². The number of thiophene rings is 1. The summed E-state index contributed by atoms with van der Waals surface area (Å²) in [6.45, 7) is 0. The van der Waals surface area contributed by atoms with Crippen molar-refractivity contribution in [3.05, 3.63) is 71.1 Å². The smallest absolute Gasteiger partial charge is 0.348 e. The highest BCUT2D eigenvalue weighted by Crippen LogP contribution is 2.35. The van der Waals surface area contributed by atoms with Crippen molar-refractivity contribution in [1.29, 1.82) is 0 Å². The molecule has 144 valence electrons. The average molecular weight is 395 g/mol. The number of ether oxygens (including phenoxy) is 1. The minimum Gasteiger partial charge on any atom is -0.497 e. The second-order valence-electron chi connectivity index (χ2n) is 6.28. The fourth-order valence-corrected chi connectivity index (χ4v) is 3.84. The maximum Gasteiger partial charge on any atom is 0.348 e. The van der Waals surface area contributed by atoms with E-state index in [0.29, 0.717) is 18.5 Å². The van der Waals surface area contributed by atoms with E-state index in [-0.39, 0.29) is 10.8 Å². The van der Waals surface area contributed by atoms with Crippen LogP contribution in [0.2, 0.25) is 0 Å². The molecule has 1 heterocycles. The number of rotatable bonds is 8. The maximum absolute atomic E-state index is 12.3. The normalized spacial score (nSPS) is 10.5. The molecule has 3 rings (SSSR count). The van der Waals surface area contributed by atoms with Gasteiger partial charge in [0.05, 0.1) is 12.8 Å². The van der Waals surface area contributed by atoms with E-state index in [4.69, 9.17) is 4.74 Å². The predicted octanol–water partition coefficient (Wildman–Crippen LogP) is 5.08. The van der Waals surface area contributed by atoms with E-state index >= 15 is 0 Å². The van der Waals surface area contributed by atoms with Crippen molar-refractivity contribution in [2.45, 2.75) is 19.3 Å². The van der Waals surface area contributed by atoms with E-state index in [1.165, 1.54) is 0 Å². The Morgan fingerprint density at radius 3 is 2.57 bits per heavy atom. The van der Waals surface area contributed by atoms with Crippen LogP contribution in [0.25, 0.3) is 10.4 Å². The van der Waals surface area contributed by atoms with Crippen molar-refractivity contribution in [2.24, 2.45) is 0 Å². The van der Waals surface area contributed by atoms with Gasteiger partial charge in [-0.25, -0.2) is 4.79 Å². The number of benzene rings is 2. The first-order valence-electron chi connectivity index (χ1n) is 8.92. The van der Waals surface area contributed by atoms with Crippen LogP contribution in [0.15, 0.2) is 60.7 Å². The lowest BCUT2D eigenvalue weighted by Gasteiger charge is -2.06. The third-order valence-electron chi connectivity index (χ3n) is 4.26. The lowest BCUT2D eigenvalue weighted by atomic mass is 10.1. The molecule has 0 spiro atoms. The van der Waals surface area contributed by atoms with Crippen molar-refractivity contribution in [1.82, 2.24) is 0 Å². The zero-order valence-electron chi connectivity index (χ0n) is 15.5. The number of methoxy groups -OCH3 is 1. The molecule has 5 nitrogen and oxygen atoms in total. The Bertz CT molecular complexity index is 966. The topological polar surface area (TPSA) is 75.6 Å². The van der Waals surface area contributed by atoms with Gasteiger partial charge >= 0.3 is 5.97 Å². The summed E-state index contributed by atoms with van der Waals surface area (Å²) in [6, 6.07) is 19.0. The number of hydrogen-bond acceptors (Lipinski definition) is 4. The zero-order chi connectivity index (χ0) is 19.9. The fourth-order valence-electron chi connectivity index (χ4n) is 2.88. The van der Waals surface area contributed by atoms with Gasteiger partial charge in [-0.15, -0.1) is 11.3 Å². The third kappa shape index (κ3) is 4.98. The van der Waals surface area contributed by atoms with E-state index in [0.717, 1.165) is 39.5 Å². The monoisotopic (exact) mass is 395 g/mol. The molecule has 0 aliphatic carbocycles. The van der Waals surface area contributed by atoms with Crippen LogP contribution in [0.5, 0.6) is 5.75 Å². The number of amides is 1. The molecule has 2 N–H and O–H groups in total. The van der Waals surface area contributed by atoms with E-state index in [1.807, 2.05) is 54.6 Å². The molecule has 0 bridgehead atoms. The number of hydrogen-bond donors (Lipinski definition) is 2. The first kappa shape index (κ1) is 19.6.